The molecule has 0 aliphatic carbocycles. The van der Waals surface area contributed by atoms with E-state index >= 15 is 0 Å². The van der Waals surface area contributed by atoms with Gasteiger partial charge in [-0.1, -0.05) is 32.5 Å². The molecule has 1 rings (SSSR count). The number of aromatic nitrogens is 2. The van der Waals surface area contributed by atoms with Crippen LogP contribution in [0.1, 0.15) is 44.4 Å². The number of halogens is 3. The van der Waals surface area contributed by atoms with Crippen molar-refractivity contribution in [1.29, 1.82) is 0 Å². The zero-order chi connectivity index (χ0) is 15.3. The molecule has 3 nitrogen and oxygen atoms in total. The Kier molecular flexibility index (Phi) is 6.10. The first-order chi connectivity index (χ1) is 9.32. The van der Waals surface area contributed by atoms with E-state index in [1.54, 1.807) is 0 Å². The number of alkyl halides is 3. The van der Waals surface area contributed by atoms with E-state index in [-0.39, 0.29) is 5.92 Å². The Bertz CT molecular complexity index is 449. The van der Waals surface area contributed by atoms with Gasteiger partial charge in [0.15, 0.2) is 5.16 Å². The van der Waals surface area contributed by atoms with Gasteiger partial charge in [-0.2, -0.15) is 13.2 Å². The van der Waals surface area contributed by atoms with Crippen molar-refractivity contribution in [3.05, 3.63) is 11.3 Å². The van der Waals surface area contributed by atoms with Gasteiger partial charge in [-0.05, 0) is 25.0 Å². The van der Waals surface area contributed by atoms with E-state index in [0.717, 1.165) is 17.7 Å². The molecule has 1 aromatic heterocycles. The Balaban J connectivity index is 3.22. The highest BCUT2D eigenvalue weighted by Gasteiger charge is 2.28. The van der Waals surface area contributed by atoms with Gasteiger partial charge in [0.25, 0.3) is 0 Å². The molecule has 1 atom stereocenters. The van der Waals surface area contributed by atoms with E-state index in [2.05, 4.69) is 15.3 Å². The summed E-state index contributed by atoms with van der Waals surface area (Å²) in [5.41, 5.74) is 1.63. The normalized spacial score (nSPS) is 13.3. The van der Waals surface area contributed by atoms with Crippen LogP contribution in [0.15, 0.2) is 5.16 Å². The predicted octanol–water partition coefficient (Wildman–Crippen LogP) is 4.25. The van der Waals surface area contributed by atoms with Crippen molar-refractivity contribution in [1.82, 2.24) is 9.97 Å². The minimum absolute atomic E-state index is 0.122. The second-order valence-electron chi connectivity index (χ2n) is 4.55. The molecule has 20 heavy (non-hydrogen) atoms. The van der Waals surface area contributed by atoms with Crippen molar-refractivity contribution in [3.63, 3.8) is 0 Å². The second-order valence-corrected chi connectivity index (χ2v) is 5.32. The zero-order valence-corrected chi connectivity index (χ0v) is 13.0. The lowest BCUT2D eigenvalue weighted by Crippen LogP contribution is -2.23. The molecule has 7 heteroatoms. The van der Waals surface area contributed by atoms with Crippen LogP contribution in [0.4, 0.5) is 19.0 Å². The summed E-state index contributed by atoms with van der Waals surface area (Å²) in [6, 6.07) is 0. The van der Waals surface area contributed by atoms with Gasteiger partial charge >= 0.3 is 6.18 Å². The van der Waals surface area contributed by atoms with E-state index in [0.29, 0.717) is 17.4 Å². The fraction of sp³-hybridized carbons (Fsp3) is 0.692. The van der Waals surface area contributed by atoms with Crippen molar-refractivity contribution < 1.29 is 13.2 Å². The lowest BCUT2D eigenvalue weighted by atomic mass is 9.96. The number of nitrogens with one attached hydrogen (secondary N) is 1. The molecule has 1 N–H and O–H groups in total. The summed E-state index contributed by atoms with van der Waals surface area (Å²) in [7, 11) is 0. The lowest BCUT2D eigenvalue weighted by molar-refractivity contribution is -0.115. The van der Waals surface area contributed by atoms with Crippen molar-refractivity contribution in [3.8, 4) is 0 Å². The summed E-state index contributed by atoms with van der Waals surface area (Å²) in [5.74, 6) is 0.435. The number of nitrogens with zero attached hydrogens (tertiary/aromatic N) is 2. The van der Waals surface area contributed by atoms with Crippen LogP contribution >= 0.6 is 11.8 Å². The molecular formula is C13H20F3N3S. The molecule has 0 aromatic carbocycles. The SMILES string of the molecule is CCc1nc(SC)nc(NCC(F)(F)F)c1C(C)CC. The smallest absolute Gasteiger partial charge is 0.361 e. The second kappa shape index (κ2) is 7.15. The summed E-state index contributed by atoms with van der Waals surface area (Å²) in [6.07, 6.45) is -0.944. The Hall–Kier alpha value is -0.980. The lowest BCUT2D eigenvalue weighted by Gasteiger charge is -2.20. The summed E-state index contributed by atoms with van der Waals surface area (Å²) < 4.78 is 37.2. The Labute approximate surface area is 121 Å². The van der Waals surface area contributed by atoms with Crippen LogP contribution in [0.2, 0.25) is 0 Å². The van der Waals surface area contributed by atoms with Crippen LogP contribution in [0.25, 0.3) is 0 Å². The quantitative estimate of drug-likeness (QED) is 0.630. The maximum absolute atomic E-state index is 12.4. The third-order valence-corrected chi connectivity index (χ3v) is 3.63. The van der Waals surface area contributed by atoms with Crippen LogP contribution in [0, 0.1) is 0 Å². The molecule has 0 saturated heterocycles. The van der Waals surface area contributed by atoms with Crippen molar-refractivity contribution in [2.24, 2.45) is 0 Å². The zero-order valence-electron chi connectivity index (χ0n) is 12.1. The third-order valence-electron chi connectivity index (χ3n) is 3.08. The van der Waals surface area contributed by atoms with Crippen LogP contribution in [-0.4, -0.2) is 28.9 Å². The molecule has 0 saturated carbocycles. The molecule has 1 unspecified atom stereocenters. The first-order valence-electron chi connectivity index (χ1n) is 6.57. The Morgan fingerprint density at radius 2 is 1.90 bits per heavy atom. The highest BCUT2D eigenvalue weighted by molar-refractivity contribution is 7.98. The number of anilines is 1. The number of hydrogen-bond donors (Lipinski definition) is 1. The van der Waals surface area contributed by atoms with E-state index in [9.17, 15) is 13.2 Å². The van der Waals surface area contributed by atoms with E-state index in [1.165, 1.54) is 11.8 Å². The molecular weight excluding hydrogens is 287 g/mol. The molecule has 0 bridgehead atoms. The number of hydrogen-bond acceptors (Lipinski definition) is 4. The summed E-state index contributed by atoms with van der Waals surface area (Å²) in [6.45, 7) is 4.85. The van der Waals surface area contributed by atoms with Crippen LogP contribution in [-0.2, 0) is 6.42 Å². The largest absolute Gasteiger partial charge is 0.405 e. The Morgan fingerprint density at radius 1 is 1.25 bits per heavy atom. The van der Waals surface area contributed by atoms with Crippen LogP contribution < -0.4 is 5.32 Å². The fourth-order valence-corrected chi connectivity index (χ4v) is 2.28. The van der Waals surface area contributed by atoms with Gasteiger partial charge in [0.2, 0.25) is 0 Å². The van der Waals surface area contributed by atoms with E-state index in [1.807, 2.05) is 27.0 Å². The molecule has 0 radical (unpaired) electrons. The average Bonchev–Trinajstić information content (AvgIpc) is 2.42. The topological polar surface area (TPSA) is 37.8 Å². The molecule has 0 aliphatic heterocycles. The summed E-state index contributed by atoms with van der Waals surface area (Å²) in [5, 5.41) is 2.93. The predicted molar refractivity (Wildman–Crippen MR) is 76.4 cm³/mol. The van der Waals surface area contributed by atoms with Crippen LogP contribution in [0.3, 0.4) is 0 Å². The molecule has 1 heterocycles. The molecule has 1 aromatic rings. The minimum atomic E-state index is -4.26. The standard InChI is InChI=1S/C13H20F3N3S/c1-5-8(3)10-9(6-2)18-12(20-4)19-11(10)17-7-13(14,15)16/h8H,5-7H2,1-4H3,(H,17,18,19). The third kappa shape index (κ3) is 4.54. The number of rotatable bonds is 6. The highest BCUT2D eigenvalue weighted by Crippen LogP contribution is 2.31. The highest BCUT2D eigenvalue weighted by atomic mass is 32.2. The van der Waals surface area contributed by atoms with Gasteiger partial charge in [0.1, 0.15) is 12.4 Å². The summed E-state index contributed by atoms with van der Waals surface area (Å²) in [4.78, 5) is 8.63. The molecule has 0 spiro atoms. The fourth-order valence-electron chi connectivity index (χ4n) is 1.89. The first-order valence-corrected chi connectivity index (χ1v) is 7.80. The van der Waals surface area contributed by atoms with Gasteiger partial charge < -0.3 is 5.32 Å². The van der Waals surface area contributed by atoms with Crippen molar-refractivity contribution in [2.75, 3.05) is 18.1 Å². The van der Waals surface area contributed by atoms with E-state index in [4.69, 9.17) is 0 Å². The Morgan fingerprint density at radius 3 is 2.35 bits per heavy atom. The van der Waals surface area contributed by atoms with Gasteiger partial charge in [0, 0.05) is 5.56 Å². The maximum Gasteiger partial charge on any atom is 0.405 e. The number of aryl methyl sites for hydroxylation is 1. The summed E-state index contributed by atoms with van der Waals surface area (Å²) >= 11 is 1.33. The maximum atomic E-state index is 12.4. The van der Waals surface area contributed by atoms with Crippen LogP contribution in [0.5, 0.6) is 0 Å². The van der Waals surface area contributed by atoms with Gasteiger partial charge in [-0.25, -0.2) is 9.97 Å². The average molecular weight is 307 g/mol. The molecule has 0 fully saturated rings. The monoisotopic (exact) mass is 307 g/mol. The minimum Gasteiger partial charge on any atom is -0.361 e. The van der Waals surface area contributed by atoms with Gasteiger partial charge in [-0.3, -0.25) is 0 Å². The molecule has 0 aliphatic rings. The molecule has 114 valence electrons. The van der Waals surface area contributed by atoms with E-state index < -0.39 is 12.7 Å². The van der Waals surface area contributed by atoms with Crippen molar-refractivity contribution in [2.45, 2.75) is 50.9 Å². The number of thioether (sulfide) groups is 1. The molecule has 0 amide bonds. The van der Waals surface area contributed by atoms with Crippen molar-refractivity contribution >= 4 is 17.6 Å². The van der Waals surface area contributed by atoms with Gasteiger partial charge in [0.05, 0.1) is 5.69 Å². The van der Waals surface area contributed by atoms with Gasteiger partial charge in [-0.15, -0.1) is 0 Å². The first kappa shape index (κ1) is 17.1.